The molecule has 1 atom stereocenters. The summed E-state index contributed by atoms with van der Waals surface area (Å²) in [5.41, 5.74) is 0.879. The van der Waals surface area contributed by atoms with Gasteiger partial charge >= 0.3 is 0 Å². The highest BCUT2D eigenvalue weighted by Crippen LogP contribution is 2.32. The lowest BCUT2D eigenvalue weighted by molar-refractivity contribution is -0.139. The van der Waals surface area contributed by atoms with Crippen LogP contribution in [0.15, 0.2) is 48.5 Å². The molecule has 0 spiro atoms. The minimum absolute atomic E-state index is 0.0133. The van der Waals surface area contributed by atoms with Gasteiger partial charge in [0.25, 0.3) is 11.1 Å². The van der Waals surface area contributed by atoms with Crippen LogP contribution in [0, 0.1) is 0 Å². The van der Waals surface area contributed by atoms with E-state index in [0.29, 0.717) is 24.0 Å². The summed E-state index contributed by atoms with van der Waals surface area (Å²) in [5, 5.41) is 0.666. The standard InChI is InChI=1S/C22H24N2O4S/c1-15(27-16-6-4-3-5-7-16)21(25)24-12-10-17(11-13-24)28-22-23-19-14-18(26-2)8-9-20(19)29-22/h3-9,14-15,17H,10-13H2,1-2H3. The lowest BCUT2D eigenvalue weighted by Crippen LogP contribution is -2.46. The zero-order chi connectivity index (χ0) is 20.2. The molecular formula is C22H24N2O4S. The number of likely N-dealkylation sites (tertiary alicyclic amines) is 1. The number of fused-ring (bicyclic) bond motifs is 1. The Hall–Kier alpha value is -2.80. The Labute approximate surface area is 174 Å². The van der Waals surface area contributed by atoms with Gasteiger partial charge in [-0.25, -0.2) is 4.98 Å². The predicted octanol–water partition coefficient (Wildman–Crippen LogP) is 4.14. The van der Waals surface area contributed by atoms with Crippen LogP contribution in [0.3, 0.4) is 0 Å². The van der Waals surface area contributed by atoms with E-state index in [1.165, 1.54) is 11.3 Å². The van der Waals surface area contributed by atoms with Gasteiger partial charge in [-0.15, -0.1) is 0 Å². The second-order valence-electron chi connectivity index (χ2n) is 7.03. The van der Waals surface area contributed by atoms with Crippen LogP contribution < -0.4 is 14.2 Å². The molecule has 6 nitrogen and oxygen atoms in total. The maximum absolute atomic E-state index is 12.7. The van der Waals surface area contributed by atoms with E-state index in [4.69, 9.17) is 14.2 Å². The molecule has 3 aromatic rings. The third kappa shape index (κ3) is 4.62. The van der Waals surface area contributed by atoms with Crippen LogP contribution in [0.5, 0.6) is 16.7 Å². The maximum atomic E-state index is 12.7. The first-order valence-corrected chi connectivity index (χ1v) is 10.6. The molecule has 1 fully saturated rings. The highest BCUT2D eigenvalue weighted by atomic mass is 32.1. The molecule has 29 heavy (non-hydrogen) atoms. The lowest BCUT2D eigenvalue weighted by Gasteiger charge is -2.33. The van der Waals surface area contributed by atoms with Crippen LogP contribution in [0.1, 0.15) is 19.8 Å². The van der Waals surface area contributed by atoms with Crippen molar-refractivity contribution in [1.29, 1.82) is 0 Å². The van der Waals surface area contributed by atoms with Crippen molar-refractivity contribution in [3.8, 4) is 16.7 Å². The lowest BCUT2D eigenvalue weighted by atomic mass is 10.1. The minimum atomic E-state index is -0.505. The average Bonchev–Trinajstić information content (AvgIpc) is 3.15. The molecule has 152 valence electrons. The summed E-state index contributed by atoms with van der Waals surface area (Å²) < 4.78 is 18.2. The minimum Gasteiger partial charge on any atom is -0.497 e. The first-order chi connectivity index (χ1) is 14.1. The number of piperidine rings is 1. The molecule has 0 N–H and O–H groups in total. The third-order valence-electron chi connectivity index (χ3n) is 5.00. The number of thiazole rings is 1. The molecule has 1 aliphatic heterocycles. The molecule has 1 saturated heterocycles. The summed E-state index contributed by atoms with van der Waals surface area (Å²) in [5.74, 6) is 1.51. The van der Waals surface area contributed by atoms with Gasteiger partial charge in [-0.1, -0.05) is 29.5 Å². The number of nitrogens with zero attached hydrogens (tertiary/aromatic N) is 2. The molecule has 1 aliphatic rings. The fourth-order valence-electron chi connectivity index (χ4n) is 3.41. The zero-order valence-electron chi connectivity index (χ0n) is 16.5. The van der Waals surface area contributed by atoms with E-state index in [-0.39, 0.29) is 12.0 Å². The van der Waals surface area contributed by atoms with Gasteiger partial charge in [-0.05, 0) is 31.2 Å². The van der Waals surface area contributed by atoms with Crippen molar-refractivity contribution in [3.05, 3.63) is 48.5 Å². The summed E-state index contributed by atoms with van der Waals surface area (Å²) in [6.07, 6.45) is 1.12. The molecule has 1 unspecified atom stereocenters. The molecule has 1 amide bonds. The van der Waals surface area contributed by atoms with E-state index < -0.39 is 6.10 Å². The van der Waals surface area contributed by atoms with Gasteiger partial charge < -0.3 is 19.1 Å². The van der Waals surface area contributed by atoms with Crippen LogP contribution in [-0.2, 0) is 4.79 Å². The van der Waals surface area contributed by atoms with Crippen molar-refractivity contribution in [1.82, 2.24) is 9.88 Å². The Bertz CT molecular complexity index is 967. The molecule has 0 saturated carbocycles. The van der Waals surface area contributed by atoms with Gasteiger partial charge in [0.1, 0.15) is 17.6 Å². The molecule has 2 heterocycles. The van der Waals surface area contributed by atoms with E-state index in [1.54, 1.807) is 14.0 Å². The Kier molecular flexibility index (Phi) is 5.85. The number of methoxy groups -OCH3 is 1. The van der Waals surface area contributed by atoms with Crippen molar-refractivity contribution in [2.75, 3.05) is 20.2 Å². The van der Waals surface area contributed by atoms with Crippen LogP contribution in [0.25, 0.3) is 10.2 Å². The SMILES string of the molecule is COc1ccc2sc(OC3CCN(C(=O)C(C)Oc4ccccc4)CC3)nc2c1. The Morgan fingerprint density at radius 1 is 1.14 bits per heavy atom. The van der Waals surface area contributed by atoms with Gasteiger partial charge in [0.05, 0.1) is 17.3 Å². The summed E-state index contributed by atoms with van der Waals surface area (Å²) in [4.78, 5) is 19.1. The fraction of sp³-hybridized carbons (Fsp3) is 0.364. The van der Waals surface area contributed by atoms with Crippen molar-refractivity contribution in [3.63, 3.8) is 0 Å². The zero-order valence-corrected chi connectivity index (χ0v) is 17.4. The predicted molar refractivity (Wildman–Crippen MR) is 113 cm³/mol. The van der Waals surface area contributed by atoms with E-state index in [0.717, 1.165) is 28.8 Å². The van der Waals surface area contributed by atoms with E-state index in [2.05, 4.69) is 4.98 Å². The van der Waals surface area contributed by atoms with E-state index >= 15 is 0 Å². The molecule has 7 heteroatoms. The van der Waals surface area contributed by atoms with Gasteiger partial charge in [-0.2, -0.15) is 0 Å². The molecular weight excluding hydrogens is 388 g/mol. The quantitative estimate of drug-likeness (QED) is 0.609. The normalized spacial score (nSPS) is 15.9. The van der Waals surface area contributed by atoms with Crippen LogP contribution in [0.4, 0.5) is 0 Å². The highest BCUT2D eigenvalue weighted by Gasteiger charge is 2.28. The molecule has 0 bridgehead atoms. The van der Waals surface area contributed by atoms with Crippen LogP contribution in [0.2, 0.25) is 0 Å². The average molecular weight is 413 g/mol. The second kappa shape index (κ2) is 8.69. The monoisotopic (exact) mass is 412 g/mol. The van der Waals surface area contributed by atoms with Gasteiger partial charge in [0, 0.05) is 32.0 Å². The first-order valence-electron chi connectivity index (χ1n) is 9.74. The number of ether oxygens (including phenoxy) is 3. The summed E-state index contributed by atoms with van der Waals surface area (Å²) >= 11 is 1.53. The van der Waals surface area contributed by atoms with Crippen molar-refractivity contribution in [2.45, 2.75) is 32.0 Å². The Morgan fingerprint density at radius 3 is 2.62 bits per heavy atom. The van der Waals surface area contributed by atoms with Gasteiger partial charge in [-0.3, -0.25) is 4.79 Å². The number of aromatic nitrogens is 1. The number of hydrogen-bond donors (Lipinski definition) is 0. The van der Waals surface area contributed by atoms with Crippen molar-refractivity contribution >= 4 is 27.5 Å². The maximum Gasteiger partial charge on any atom is 0.274 e. The third-order valence-corrected chi connectivity index (χ3v) is 5.93. The van der Waals surface area contributed by atoms with Gasteiger partial charge in [0.15, 0.2) is 6.10 Å². The smallest absolute Gasteiger partial charge is 0.274 e. The van der Waals surface area contributed by atoms with Gasteiger partial charge in [0.2, 0.25) is 0 Å². The number of hydrogen-bond acceptors (Lipinski definition) is 6. The van der Waals surface area contributed by atoms with Crippen molar-refractivity contribution < 1.29 is 19.0 Å². The fourth-order valence-corrected chi connectivity index (χ4v) is 4.27. The summed E-state index contributed by atoms with van der Waals surface area (Å²) in [6, 6.07) is 15.3. The molecule has 0 radical (unpaired) electrons. The number of carbonyl (C=O) groups excluding carboxylic acids is 1. The molecule has 2 aromatic carbocycles. The number of para-hydroxylation sites is 1. The number of amides is 1. The van der Waals surface area contributed by atoms with Crippen molar-refractivity contribution in [2.24, 2.45) is 0 Å². The van der Waals surface area contributed by atoms with Crippen LogP contribution in [-0.4, -0.2) is 48.2 Å². The Balaban J connectivity index is 1.30. The molecule has 4 rings (SSSR count). The number of carbonyl (C=O) groups is 1. The van der Waals surface area contributed by atoms with E-state index in [1.807, 2.05) is 53.4 Å². The highest BCUT2D eigenvalue weighted by molar-refractivity contribution is 7.20. The summed E-state index contributed by atoms with van der Waals surface area (Å²) in [7, 11) is 1.64. The number of rotatable bonds is 6. The topological polar surface area (TPSA) is 60.9 Å². The number of benzene rings is 2. The first kappa shape index (κ1) is 19.5. The Morgan fingerprint density at radius 2 is 1.90 bits per heavy atom. The summed E-state index contributed by atoms with van der Waals surface area (Å²) in [6.45, 7) is 3.11. The molecule has 0 aliphatic carbocycles. The second-order valence-corrected chi connectivity index (χ2v) is 8.02. The van der Waals surface area contributed by atoms with Crippen LogP contribution >= 0.6 is 11.3 Å². The largest absolute Gasteiger partial charge is 0.497 e. The van der Waals surface area contributed by atoms with E-state index in [9.17, 15) is 4.79 Å². The molecule has 1 aromatic heterocycles.